The molecule has 3 heteroatoms. The lowest BCUT2D eigenvalue weighted by Gasteiger charge is -2.30. The number of fused-ring (bicyclic) bond motifs is 1. The lowest BCUT2D eigenvalue weighted by Crippen LogP contribution is -2.50. The Bertz CT molecular complexity index is 638. The summed E-state index contributed by atoms with van der Waals surface area (Å²) >= 11 is 0. The molecule has 0 radical (unpaired) electrons. The zero-order chi connectivity index (χ0) is 14.7. The number of hydrogen-bond acceptors (Lipinski definition) is 2. The van der Waals surface area contributed by atoms with Gasteiger partial charge >= 0.3 is 0 Å². The second-order valence-electron chi connectivity index (χ2n) is 6.00. The Morgan fingerprint density at radius 3 is 2.86 bits per heavy atom. The van der Waals surface area contributed by atoms with Crippen molar-refractivity contribution in [1.82, 2.24) is 10.6 Å². The number of carbonyl (C=O) groups is 1. The van der Waals surface area contributed by atoms with Crippen LogP contribution in [0.15, 0.2) is 42.5 Å². The minimum atomic E-state index is 0.117. The molecule has 1 aliphatic rings. The third-order valence-electron chi connectivity index (χ3n) is 4.35. The van der Waals surface area contributed by atoms with Crippen molar-refractivity contribution in [3.05, 3.63) is 48.0 Å². The maximum absolute atomic E-state index is 12.2. The Morgan fingerprint density at radius 2 is 2.05 bits per heavy atom. The molecule has 1 amide bonds. The SMILES string of the molecule is CC1CCNCC1NC(=O)Cc1ccc2ccccc2c1. The minimum Gasteiger partial charge on any atom is -0.352 e. The summed E-state index contributed by atoms with van der Waals surface area (Å²) in [7, 11) is 0. The standard InChI is InChI=1S/C18H22N2O/c1-13-8-9-19-12-17(13)20-18(21)11-14-6-7-15-4-2-3-5-16(15)10-14/h2-7,10,13,17,19H,8-9,11-12H2,1H3,(H,20,21). The van der Waals surface area contributed by atoms with Crippen LogP contribution in [-0.2, 0) is 11.2 Å². The van der Waals surface area contributed by atoms with Gasteiger partial charge in [0, 0.05) is 12.6 Å². The molecule has 2 aromatic rings. The van der Waals surface area contributed by atoms with Crippen LogP contribution in [0, 0.1) is 5.92 Å². The highest BCUT2D eigenvalue weighted by atomic mass is 16.1. The molecule has 1 aliphatic heterocycles. The Kier molecular flexibility index (Phi) is 4.20. The van der Waals surface area contributed by atoms with E-state index < -0.39 is 0 Å². The molecular weight excluding hydrogens is 260 g/mol. The number of carbonyl (C=O) groups excluding carboxylic acids is 1. The van der Waals surface area contributed by atoms with E-state index in [1.807, 2.05) is 18.2 Å². The number of rotatable bonds is 3. The molecular formula is C18H22N2O. The van der Waals surface area contributed by atoms with Crippen LogP contribution in [0.25, 0.3) is 10.8 Å². The maximum Gasteiger partial charge on any atom is 0.224 e. The predicted octanol–water partition coefficient (Wildman–Crippen LogP) is 2.50. The van der Waals surface area contributed by atoms with Crippen LogP contribution in [0.4, 0.5) is 0 Å². The van der Waals surface area contributed by atoms with Crippen molar-refractivity contribution in [2.24, 2.45) is 5.92 Å². The second-order valence-corrected chi connectivity index (χ2v) is 6.00. The Balaban J connectivity index is 1.65. The van der Waals surface area contributed by atoms with Crippen molar-refractivity contribution in [3.63, 3.8) is 0 Å². The fourth-order valence-electron chi connectivity index (χ4n) is 2.97. The third kappa shape index (κ3) is 3.42. The monoisotopic (exact) mass is 282 g/mol. The summed E-state index contributed by atoms with van der Waals surface area (Å²) in [5, 5.41) is 8.91. The molecule has 0 spiro atoms. The smallest absolute Gasteiger partial charge is 0.224 e. The number of nitrogens with one attached hydrogen (secondary N) is 2. The van der Waals surface area contributed by atoms with E-state index in [4.69, 9.17) is 0 Å². The van der Waals surface area contributed by atoms with Crippen molar-refractivity contribution in [2.45, 2.75) is 25.8 Å². The molecule has 2 atom stereocenters. The van der Waals surface area contributed by atoms with Gasteiger partial charge in [0.05, 0.1) is 6.42 Å². The first kappa shape index (κ1) is 14.1. The lowest BCUT2D eigenvalue weighted by atomic mass is 9.94. The van der Waals surface area contributed by atoms with Gasteiger partial charge in [-0.3, -0.25) is 4.79 Å². The summed E-state index contributed by atoms with van der Waals surface area (Å²) in [5.74, 6) is 0.664. The fraction of sp³-hybridized carbons (Fsp3) is 0.389. The van der Waals surface area contributed by atoms with E-state index in [2.05, 4.69) is 41.8 Å². The molecule has 1 saturated heterocycles. The number of amides is 1. The zero-order valence-corrected chi connectivity index (χ0v) is 12.4. The van der Waals surface area contributed by atoms with E-state index in [9.17, 15) is 4.79 Å². The average Bonchev–Trinajstić information content (AvgIpc) is 2.49. The Morgan fingerprint density at radius 1 is 1.24 bits per heavy atom. The highest BCUT2D eigenvalue weighted by molar-refractivity contribution is 5.85. The van der Waals surface area contributed by atoms with Gasteiger partial charge in [0.15, 0.2) is 0 Å². The van der Waals surface area contributed by atoms with Gasteiger partial charge in [0.2, 0.25) is 5.91 Å². The molecule has 21 heavy (non-hydrogen) atoms. The molecule has 0 aromatic heterocycles. The summed E-state index contributed by atoms with van der Waals surface area (Å²) in [6.07, 6.45) is 1.58. The molecule has 1 fully saturated rings. The summed E-state index contributed by atoms with van der Waals surface area (Å²) in [6.45, 7) is 4.14. The Hall–Kier alpha value is -1.87. The highest BCUT2D eigenvalue weighted by Gasteiger charge is 2.22. The van der Waals surface area contributed by atoms with Gasteiger partial charge < -0.3 is 10.6 Å². The van der Waals surface area contributed by atoms with Gasteiger partial charge in [-0.15, -0.1) is 0 Å². The number of hydrogen-bond donors (Lipinski definition) is 2. The van der Waals surface area contributed by atoms with E-state index in [-0.39, 0.29) is 11.9 Å². The van der Waals surface area contributed by atoms with Crippen molar-refractivity contribution in [2.75, 3.05) is 13.1 Å². The molecule has 3 nitrogen and oxygen atoms in total. The van der Waals surface area contributed by atoms with Crippen LogP contribution < -0.4 is 10.6 Å². The van der Waals surface area contributed by atoms with E-state index in [0.29, 0.717) is 12.3 Å². The van der Waals surface area contributed by atoms with E-state index in [1.165, 1.54) is 10.8 Å². The van der Waals surface area contributed by atoms with Gasteiger partial charge in [-0.25, -0.2) is 0 Å². The zero-order valence-electron chi connectivity index (χ0n) is 12.4. The Labute approximate surface area is 125 Å². The van der Waals surface area contributed by atoms with Crippen LogP contribution in [-0.4, -0.2) is 25.0 Å². The van der Waals surface area contributed by atoms with E-state index in [0.717, 1.165) is 25.1 Å². The van der Waals surface area contributed by atoms with Crippen molar-refractivity contribution in [3.8, 4) is 0 Å². The topological polar surface area (TPSA) is 41.1 Å². The molecule has 0 saturated carbocycles. The average molecular weight is 282 g/mol. The maximum atomic E-state index is 12.2. The van der Waals surface area contributed by atoms with Crippen LogP contribution in [0.2, 0.25) is 0 Å². The van der Waals surface area contributed by atoms with Crippen LogP contribution in [0.3, 0.4) is 0 Å². The predicted molar refractivity (Wildman–Crippen MR) is 86.2 cm³/mol. The molecule has 0 bridgehead atoms. The van der Waals surface area contributed by atoms with E-state index >= 15 is 0 Å². The summed E-state index contributed by atoms with van der Waals surface area (Å²) in [5.41, 5.74) is 1.07. The molecule has 110 valence electrons. The van der Waals surface area contributed by atoms with Crippen LogP contribution in [0.5, 0.6) is 0 Å². The number of benzene rings is 2. The molecule has 1 heterocycles. The summed E-state index contributed by atoms with van der Waals surface area (Å²) in [4.78, 5) is 12.2. The van der Waals surface area contributed by atoms with Crippen LogP contribution >= 0.6 is 0 Å². The van der Waals surface area contributed by atoms with E-state index in [1.54, 1.807) is 0 Å². The molecule has 3 rings (SSSR count). The van der Waals surface area contributed by atoms with Gasteiger partial charge in [0.25, 0.3) is 0 Å². The molecule has 2 aromatic carbocycles. The largest absolute Gasteiger partial charge is 0.352 e. The van der Waals surface area contributed by atoms with Crippen molar-refractivity contribution < 1.29 is 4.79 Å². The lowest BCUT2D eigenvalue weighted by molar-refractivity contribution is -0.121. The van der Waals surface area contributed by atoms with Gasteiger partial charge in [0.1, 0.15) is 0 Å². The summed E-state index contributed by atoms with van der Waals surface area (Å²) < 4.78 is 0. The highest BCUT2D eigenvalue weighted by Crippen LogP contribution is 2.16. The van der Waals surface area contributed by atoms with Crippen molar-refractivity contribution in [1.29, 1.82) is 0 Å². The first-order chi connectivity index (χ1) is 10.2. The summed E-state index contributed by atoms with van der Waals surface area (Å²) in [6, 6.07) is 14.7. The quantitative estimate of drug-likeness (QED) is 0.908. The third-order valence-corrected chi connectivity index (χ3v) is 4.35. The fourth-order valence-corrected chi connectivity index (χ4v) is 2.97. The minimum absolute atomic E-state index is 0.117. The van der Waals surface area contributed by atoms with Gasteiger partial charge in [-0.05, 0) is 35.2 Å². The molecule has 2 unspecified atom stereocenters. The van der Waals surface area contributed by atoms with Gasteiger partial charge in [-0.2, -0.15) is 0 Å². The normalized spacial score (nSPS) is 22.1. The van der Waals surface area contributed by atoms with Gasteiger partial charge in [-0.1, -0.05) is 49.4 Å². The number of piperidine rings is 1. The second kappa shape index (κ2) is 6.27. The van der Waals surface area contributed by atoms with Crippen LogP contribution in [0.1, 0.15) is 18.9 Å². The molecule has 0 aliphatic carbocycles. The molecule has 2 N–H and O–H groups in total. The van der Waals surface area contributed by atoms with Crippen molar-refractivity contribution >= 4 is 16.7 Å². The first-order valence-electron chi connectivity index (χ1n) is 7.70. The first-order valence-corrected chi connectivity index (χ1v) is 7.70.